The normalized spacial score (nSPS) is 27.1. The van der Waals surface area contributed by atoms with E-state index in [1.54, 1.807) is 30.7 Å². The van der Waals surface area contributed by atoms with Gasteiger partial charge in [-0.15, -0.1) is 4.67 Å². The minimum atomic E-state index is -3.88. The molecule has 1 saturated heterocycles. The Morgan fingerprint density at radius 1 is 1.29 bits per heavy atom. The molecule has 4 rings (SSSR count). The molecule has 0 bridgehead atoms. The lowest BCUT2D eigenvalue weighted by molar-refractivity contribution is -0.238. The molecule has 35 heavy (non-hydrogen) atoms. The molecule has 5 N–H and O–H groups in total. The molecule has 0 aromatic carbocycles. The van der Waals surface area contributed by atoms with Gasteiger partial charge in [0.25, 0.3) is 0 Å². The largest absolute Gasteiger partial charge is 0.387 e. The van der Waals surface area contributed by atoms with Crippen LogP contribution >= 0.6 is 7.60 Å². The third-order valence-corrected chi connectivity index (χ3v) is 6.16. The lowest BCUT2D eigenvalue weighted by Gasteiger charge is -2.18. The fraction of sp³-hybridized carbons (Fsp3) is 0.636. The van der Waals surface area contributed by atoms with Gasteiger partial charge in [0.2, 0.25) is 5.82 Å². The minimum Gasteiger partial charge on any atom is -0.387 e. The number of aliphatic hydroxyl groups is 3. The van der Waals surface area contributed by atoms with Crippen molar-refractivity contribution in [1.82, 2.24) is 14.5 Å². The van der Waals surface area contributed by atoms with Crippen LogP contribution in [0, 0.1) is 11.8 Å². The maximum atomic E-state index is 11.2. The second kappa shape index (κ2) is 10.1. The van der Waals surface area contributed by atoms with Crippen LogP contribution in [0.25, 0.3) is 11.0 Å². The molecular formula is C22H31N4O8P. The Labute approximate surface area is 202 Å². The van der Waals surface area contributed by atoms with Crippen LogP contribution in [-0.4, -0.2) is 78.0 Å². The smallest absolute Gasteiger partial charge is 0.352 e. The first-order valence-corrected chi connectivity index (χ1v) is 13.5. The van der Waals surface area contributed by atoms with Crippen LogP contribution in [0.15, 0.2) is 12.3 Å². The molecular weight excluding hydrogens is 479 g/mol. The summed E-state index contributed by atoms with van der Waals surface area (Å²) in [6, 6.07) is 2.05. The molecule has 1 unspecified atom stereocenters. The number of hydrogen-bond donors (Lipinski definition) is 5. The average molecular weight is 510 g/mol. The van der Waals surface area contributed by atoms with Crippen LogP contribution in [0.5, 0.6) is 0 Å². The van der Waals surface area contributed by atoms with Crippen molar-refractivity contribution < 1.29 is 39.1 Å². The predicted octanol–water partition coefficient (Wildman–Crippen LogP) is 1.29. The van der Waals surface area contributed by atoms with Gasteiger partial charge in [-0.3, -0.25) is 4.57 Å². The fourth-order valence-electron chi connectivity index (χ4n) is 4.17. The van der Waals surface area contributed by atoms with Gasteiger partial charge in [0, 0.05) is 18.9 Å². The van der Waals surface area contributed by atoms with E-state index in [0.29, 0.717) is 16.9 Å². The Hall–Kier alpha value is -2.07. The topological polar surface area (TPSA) is 168 Å². The quantitative estimate of drug-likeness (QED) is 0.157. The zero-order valence-electron chi connectivity index (χ0n) is 19.8. The molecule has 5 atom stereocenters. The molecule has 192 valence electrons. The molecule has 2 fully saturated rings. The number of aromatic nitrogens is 3. The number of rotatable bonds is 7. The van der Waals surface area contributed by atoms with E-state index in [4.69, 9.17) is 9.62 Å². The highest BCUT2D eigenvalue weighted by Gasteiger charge is 2.44. The summed E-state index contributed by atoms with van der Waals surface area (Å²) in [4.78, 5) is 23.0. The van der Waals surface area contributed by atoms with Gasteiger partial charge in [-0.05, 0) is 38.7 Å². The molecule has 1 saturated carbocycles. The highest BCUT2D eigenvalue weighted by molar-refractivity contribution is 7.51. The summed E-state index contributed by atoms with van der Waals surface area (Å²) in [6.07, 6.45) is 1.25. The van der Waals surface area contributed by atoms with Gasteiger partial charge in [-0.2, -0.15) is 0 Å². The first-order valence-electron chi connectivity index (χ1n) is 11.4. The summed E-state index contributed by atoms with van der Waals surface area (Å²) in [5.41, 5.74) is -0.816. The second-order valence-electron chi connectivity index (χ2n) is 9.50. The van der Waals surface area contributed by atoms with Crippen molar-refractivity contribution in [3.8, 4) is 11.8 Å². The number of nitrogens with one attached hydrogen (secondary N) is 1. The Morgan fingerprint density at radius 2 is 2.00 bits per heavy atom. The summed E-state index contributed by atoms with van der Waals surface area (Å²) in [6.45, 7) is 3.70. The summed E-state index contributed by atoms with van der Waals surface area (Å²) < 4.78 is 23.0. The van der Waals surface area contributed by atoms with Gasteiger partial charge in [0.1, 0.15) is 42.0 Å². The van der Waals surface area contributed by atoms with E-state index in [1.165, 1.54) is 0 Å². The Morgan fingerprint density at radius 3 is 2.66 bits per heavy atom. The van der Waals surface area contributed by atoms with Crippen LogP contribution in [0.3, 0.4) is 0 Å². The number of fused-ring (bicyclic) bond motifs is 1. The van der Waals surface area contributed by atoms with Gasteiger partial charge in [0.05, 0.1) is 5.39 Å². The molecule has 0 radical (unpaired) electrons. The van der Waals surface area contributed by atoms with E-state index in [-0.39, 0.29) is 18.5 Å². The monoisotopic (exact) mass is 510 g/mol. The van der Waals surface area contributed by atoms with E-state index >= 15 is 0 Å². The first-order chi connectivity index (χ1) is 16.4. The van der Waals surface area contributed by atoms with Crippen molar-refractivity contribution in [3.05, 3.63) is 18.1 Å². The zero-order valence-corrected chi connectivity index (χ0v) is 20.7. The first kappa shape index (κ1) is 26.0. The zero-order chi connectivity index (χ0) is 25.4. The summed E-state index contributed by atoms with van der Waals surface area (Å²) in [5, 5.41) is 35.3. The predicted molar refractivity (Wildman–Crippen MR) is 125 cm³/mol. The Bertz CT molecular complexity index is 1160. The van der Waals surface area contributed by atoms with Crippen molar-refractivity contribution in [1.29, 1.82) is 0 Å². The maximum Gasteiger partial charge on any atom is 0.352 e. The highest BCUT2D eigenvalue weighted by Crippen LogP contribution is 2.38. The molecule has 13 heteroatoms. The number of aliphatic hydroxyl groups excluding tert-OH is 2. The van der Waals surface area contributed by atoms with Gasteiger partial charge < -0.3 is 34.8 Å². The number of nitrogens with zero attached hydrogens (tertiary/aromatic N) is 3. The third kappa shape index (κ3) is 6.39. The van der Waals surface area contributed by atoms with Gasteiger partial charge in [0.15, 0.2) is 6.23 Å². The Kier molecular flexibility index (Phi) is 7.52. The maximum absolute atomic E-state index is 11.2. The fourth-order valence-corrected chi connectivity index (χ4v) is 4.43. The average Bonchev–Trinajstić information content (AvgIpc) is 3.47. The Balaban J connectivity index is 1.65. The van der Waals surface area contributed by atoms with Crippen LogP contribution in [0.1, 0.15) is 51.6 Å². The molecule has 0 amide bonds. The lowest BCUT2D eigenvalue weighted by atomic mass is 10.1. The van der Waals surface area contributed by atoms with Crippen LogP contribution in [0.4, 0.5) is 5.82 Å². The van der Waals surface area contributed by atoms with E-state index in [9.17, 15) is 24.8 Å². The van der Waals surface area contributed by atoms with Gasteiger partial charge in [-0.25, -0.2) is 14.9 Å². The van der Waals surface area contributed by atoms with Crippen molar-refractivity contribution >= 4 is 24.4 Å². The molecule has 2 aromatic rings. The minimum absolute atomic E-state index is 0.183. The van der Waals surface area contributed by atoms with E-state index in [0.717, 1.165) is 32.3 Å². The van der Waals surface area contributed by atoms with Crippen LogP contribution < -0.4 is 5.32 Å². The van der Waals surface area contributed by atoms with Crippen LogP contribution in [0.2, 0.25) is 0 Å². The summed E-state index contributed by atoms with van der Waals surface area (Å²) in [5.74, 6) is 6.29. The molecule has 2 aromatic heterocycles. The highest BCUT2D eigenvalue weighted by atomic mass is 31.2. The molecule has 12 nitrogen and oxygen atoms in total. The van der Waals surface area contributed by atoms with Gasteiger partial charge >= 0.3 is 7.60 Å². The van der Waals surface area contributed by atoms with Crippen molar-refractivity contribution in [2.24, 2.45) is 0 Å². The van der Waals surface area contributed by atoms with E-state index in [2.05, 4.69) is 31.8 Å². The molecule has 1 aliphatic heterocycles. The van der Waals surface area contributed by atoms with E-state index in [1.807, 2.05) is 0 Å². The number of anilines is 1. The van der Waals surface area contributed by atoms with Crippen LogP contribution in [-0.2, 0) is 18.9 Å². The van der Waals surface area contributed by atoms with Crippen molar-refractivity contribution in [3.63, 3.8) is 0 Å². The van der Waals surface area contributed by atoms with Crippen molar-refractivity contribution in [2.75, 3.05) is 18.6 Å². The lowest BCUT2D eigenvalue weighted by Crippen LogP contribution is -2.33. The van der Waals surface area contributed by atoms with E-state index < -0.39 is 37.7 Å². The molecule has 1 aliphatic carbocycles. The second-order valence-corrected chi connectivity index (χ2v) is 11.3. The SMILES string of the molecule is CC(C)(O)C#Cc1nc(NC2CCCC2)c2ccn([C@@H]3O[C@H](COOP(C)(=O)O)[C@@H](O)[C@H]3O)c2n1. The number of ether oxygens (including phenoxy) is 1. The molecule has 2 aliphatic rings. The molecule has 0 spiro atoms. The number of hydrogen-bond acceptors (Lipinski definition) is 10. The summed E-state index contributed by atoms with van der Waals surface area (Å²) in [7, 11) is -3.88. The summed E-state index contributed by atoms with van der Waals surface area (Å²) >= 11 is 0. The van der Waals surface area contributed by atoms with Gasteiger partial charge in [-0.1, -0.05) is 18.8 Å². The third-order valence-electron chi connectivity index (χ3n) is 5.78. The molecule has 3 heterocycles. The standard InChI is InChI=1S/C22H31N4O8P/c1-22(2,29)10-8-16-24-19(23-13-6-4-5-7-13)14-9-11-26(20(14)25-16)21-18(28)17(27)15(33-21)12-32-34-35(3,30)31/h9,11,13,15,17-18,21,27-29H,4-7,12H2,1-3H3,(H,30,31)(H,23,24,25)/t15-,17-,18-,21-/m1/s1. The van der Waals surface area contributed by atoms with Crippen molar-refractivity contribution in [2.45, 2.75) is 75.7 Å².